The zero-order valence-electron chi connectivity index (χ0n) is 20.7. The fourth-order valence-corrected chi connectivity index (χ4v) is 6.99. The van der Waals surface area contributed by atoms with Crippen molar-refractivity contribution in [2.24, 2.45) is 5.16 Å². The number of amides is 2. The first kappa shape index (κ1) is 25.4. The number of carboxylic acids is 1. The third-order valence-electron chi connectivity index (χ3n) is 7.03. The normalized spacial score (nSPS) is 21.7. The number of thioether (sulfide) groups is 1. The highest BCUT2D eigenvalue weighted by molar-refractivity contribution is 8.00. The molecule has 0 unspecified atom stereocenters. The van der Waals surface area contributed by atoms with Gasteiger partial charge in [-0.2, -0.15) is 0 Å². The summed E-state index contributed by atoms with van der Waals surface area (Å²) in [5.74, 6) is -2.24. The monoisotopic (exact) mass is 567 g/mol. The van der Waals surface area contributed by atoms with E-state index in [0.717, 1.165) is 42.7 Å². The van der Waals surface area contributed by atoms with Crippen molar-refractivity contribution >= 4 is 57.4 Å². The second-order valence-corrected chi connectivity index (χ2v) is 11.5. The number of fused-ring (bicyclic) bond motifs is 2. The van der Waals surface area contributed by atoms with Gasteiger partial charge in [-0.25, -0.2) is 14.0 Å². The van der Waals surface area contributed by atoms with Crippen molar-refractivity contribution < 1.29 is 28.9 Å². The molecule has 3 aliphatic rings. The molecule has 0 bridgehead atoms. The number of thiazole rings is 1. The number of oxime groups is 1. The molecule has 3 aromatic heterocycles. The Balaban J connectivity index is 1.21. The van der Waals surface area contributed by atoms with E-state index in [9.17, 15) is 19.5 Å². The first-order valence-corrected chi connectivity index (χ1v) is 14.4. The van der Waals surface area contributed by atoms with Crippen LogP contribution in [0.5, 0.6) is 0 Å². The molecule has 1 aliphatic carbocycles. The Morgan fingerprint density at radius 1 is 1.28 bits per heavy atom. The molecule has 202 valence electrons. The lowest BCUT2D eigenvalue weighted by Gasteiger charge is -2.50. The molecule has 0 radical (unpaired) electrons. The summed E-state index contributed by atoms with van der Waals surface area (Å²) in [4.78, 5) is 49.6. The highest BCUT2D eigenvalue weighted by atomic mass is 32.2. The Morgan fingerprint density at radius 3 is 2.85 bits per heavy atom. The molecule has 2 fully saturated rings. The molecule has 3 aromatic rings. The van der Waals surface area contributed by atoms with Gasteiger partial charge in [0.2, 0.25) is 0 Å². The van der Waals surface area contributed by atoms with Crippen molar-refractivity contribution in [3.05, 3.63) is 59.1 Å². The Kier molecular flexibility index (Phi) is 6.73. The maximum Gasteiger partial charge on any atom is 0.286 e. The lowest BCUT2D eigenvalue weighted by atomic mass is 10.0. The van der Waals surface area contributed by atoms with Crippen molar-refractivity contribution in [2.75, 3.05) is 11.5 Å². The SMILES string of the molecule is Nc1nc(/C(=N\OC2CCCC2)C(=O)N[C@@H]2C(=O)N3C(C(=O)[O-])=C(C[n+]4ccn5ccccc54)CS[C@H]23)cs1. The highest BCUT2D eigenvalue weighted by Crippen LogP contribution is 2.40. The standard InChI is InChI=1S/C25H25N7O5S2/c26-25-27-16(13-39-25)18(29-37-15-5-1-2-6-15)21(33)28-19-22(34)32-20(24(35)36)14(12-38-23(19)32)11-31-10-9-30-8-4-3-7-17(30)31/h3-4,7-10,13,15,19,23H,1-2,5-6,11-12H2,(H3-,26,27,28,33,35,36)/b29-18+/t19-,23-/m1/s1. The minimum absolute atomic E-state index is 0.0738. The molecule has 1 saturated heterocycles. The van der Waals surface area contributed by atoms with E-state index in [1.54, 1.807) is 5.38 Å². The van der Waals surface area contributed by atoms with Crippen LogP contribution in [0.1, 0.15) is 31.4 Å². The summed E-state index contributed by atoms with van der Waals surface area (Å²) in [5, 5.41) is 20.3. The van der Waals surface area contributed by atoms with E-state index < -0.39 is 29.2 Å². The van der Waals surface area contributed by atoms with Gasteiger partial charge in [0.25, 0.3) is 17.5 Å². The van der Waals surface area contributed by atoms with Gasteiger partial charge in [0.15, 0.2) is 10.8 Å². The van der Waals surface area contributed by atoms with Crippen LogP contribution < -0.4 is 20.7 Å². The van der Waals surface area contributed by atoms with Crippen LogP contribution >= 0.6 is 23.1 Å². The summed E-state index contributed by atoms with van der Waals surface area (Å²) in [7, 11) is 0. The van der Waals surface area contributed by atoms with Crippen LogP contribution in [0.3, 0.4) is 0 Å². The van der Waals surface area contributed by atoms with Crippen LogP contribution in [0.25, 0.3) is 5.65 Å². The number of imidazole rings is 1. The van der Waals surface area contributed by atoms with Crippen LogP contribution in [0.4, 0.5) is 5.13 Å². The molecular weight excluding hydrogens is 542 g/mol. The number of carboxylic acid groups (broad SMARTS) is 1. The van der Waals surface area contributed by atoms with Gasteiger partial charge in [-0.05, 0) is 31.7 Å². The predicted octanol–water partition coefficient (Wildman–Crippen LogP) is 0.0329. The number of carbonyl (C=O) groups is 3. The number of hydrogen-bond donors (Lipinski definition) is 2. The van der Waals surface area contributed by atoms with Gasteiger partial charge in [0.05, 0.1) is 17.9 Å². The van der Waals surface area contributed by atoms with E-state index >= 15 is 0 Å². The molecule has 3 N–H and O–H groups in total. The minimum atomic E-state index is -1.43. The number of aromatic nitrogens is 3. The number of nitrogens with one attached hydrogen (secondary N) is 1. The molecule has 12 nitrogen and oxygen atoms in total. The largest absolute Gasteiger partial charge is 0.543 e. The fraction of sp³-hybridized carbons (Fsp3) is 0.360. The number of pyridine rings is 1. The van der Waals surface area contributed by atoms with Gasteiger partial charge in [-0.3, -0.25) is 14.5 Å². The third-order valence-corrected chi connectivity index (χ3v) is 9.05. The molecule has 2 aliphatic heterocycles. The number of β-lactam (4-membered cyclic amide) rings is 1. The van der Waals surface area contributed by atoms with Crippen LogP contribution in [-0.2, 0) is 25.8 Å². The quantitative estimate of drug-likeness (QED) is 0.167. The van der Waals surface area contributed by atoms with E-state index in [0.29, 0.717) is 11.3 Å². The van der Waals surface area contributed by atoms with Gasteiger partial charge in [0, 0.05) is 22.8 Å². The van der Waals surface area contributed by atoms with Crippen molar-refractivity contribution in [3.63, 3.8) is 0 Å². The van der Waals surface area contributed by atoms with E-state index in [4.69, 9.17) is 10.6 Å². The van der Waals surface area contributed by atoms with Gasteiger partial charge >= 0.3 is 0 Å². The number of nitrogens with zero attached hydrogens (tertiary/aromatic N) is 5. The molecule has 2 amide bonds. The number of aliphatic carboxylic acids is 1. The van der Waals surface area contributed by atoms with Crippen molar-refractivity contribution in [1.29, 1.82) is 0 Å². The third kappa shape index (κ3) is 4.74. The molecule has 5 heterocycles. The summed E-state index contributed by atoms with van der Waals surface area (Å²) in [6, 6.07) is 4.78. The topological polar surface area (TPSA) is 158 Å². The Labute approximate surface area is 231 Å². The average molecular weight is 568 g/mol. The number of nitrogens with two attached hydrogens (primary N) is 1. The maximum absolute atomic E-state index is 13.3. The van der Waals surface area contributed by atoms with E-state index in [1.807, 2.05) is 45.8 Å². The lowest BCUT2D eigenvalue weighted by Crippen LogP contribution is -2.71. The predicted molar refractivity (Wildman–Crippen MR) is 141 cm³/mol. The van der Waals surface area contributed by atoms with Crippen LogP contribution in [-0.4, -0.2) is 61.1 Å². The zero-order valence-corrected chi connectivity index (χ0v) is 22.3. The van der Waals surface area contributed by atoms with Crippen molar-refractivity contribution in [3.8, 4) is 0 Å². The molecule has 0 aromatic carbocycles. The average Bonchev–Trinajstić information content (AvgIpc) is 3.69. The lowest BCUT2D eigenvalue weighted by molar-refractivity contribution is -0.662. The van der Waals surface area contributed by atoms with E-state index in [2.05, 4.69) is 15.5 Å². The second kappa shape index (κ2) is 10.3. The summed E-state index contributed by atoms with van der Waals surface area (Å²) < 4.78 is 3.83. The Morgan fingerprint density at radius 2 is 2.10 bits per heavy atom. The maximum atomic E-state index is 13.3. The number of anilines is 1. The van der Waals surface area contributed by atoms with E-state index in [1.165, 1.54) is 16.7 Å². The summed E-state index contributed by atoms with van der Waals surface area (Å²) in [5.41, 5.74) is 7.23. The van der Waals surface area contributed by atoms with Crippen molar-refractivity contribution in [1.82, 2.24) is 19.6 Å². The Bertz CT molecular complexity index is 1520. The number of rotatable bonds is 8. The number of carbonyl (C=O) groups excluding carboxylic acids is 3. The smallest absolute Gasteiger partial charge is 0.286 e. The highest BCUT2D eigenvalue weighted by Gasteiger charge is 2.53. The van der Waals surface area contributed by atoms with Gasteiger partial charge in [0.1, 0.15) is 42.2 Å². The summed E-state index contributed by atoms with van der Waals surface area (Å²) in [6.07, 6.45) is 9.32. The molecule has 1 saturated carbocycles. The molecule has 39 heavy (non-hydrogen) atoms. The molecule has 14 heteroatoms. The van der Waals surface area contributed by atoms with Crippen LogP contribution in [0, 0.1) is 0 Å². The van der Waals surface area contributed by atoms with Crippen LogP contribution in [0.2, 0.25) is 0 Å². The van der Waals surface area contributed by atoms with Crippen molar-refractivity contribution in [2.45, 2.75) is 49.7 Å². The van der Waals surface area contributed by atoms with E-state index in [-0.39, 0.29) is 34.9 Å². The molecular formula is C25H25N7O5S2. The van der Waals surface area contributed by atoms with Crippen LogP contribution in [0.15, 0.2) is 58.6 Å². The van der Waals surface area contributed by atoms with Gasteiger partial charge in [-0.1, -0.05) is 11.2 Å². The molecule has 2 atom stereocenters. The minimum Gasteiger partial charge on any atom is -0.543 e. The molecule has 0 spiro atoms. The summed E-state index contributed by atoms with van der Waals surface area (Å²) >= 11 is 2.55. The first-order valence-electron chi connectivity index (χ1n) is 12.5. The first-order chi connectivity index (χ1) is 18.9. The second-order valence-electron chi connectivity index (χ2n) is 9.52. The fourth-order valence-electron chi connectivity index (χ4n) is 5.11. The number of nitrogen functional groups attached to an aromatic ring is 1. The van der Waals surface area contributed by atoms with Gasteiger partial charge < -0.3 is 25.8 Å². The Hall–Kier alpha value is -3.91. The molecule has 6 rings (SSSR count). The number of hydrogen-bond acceptors (Lipinski definition) is 10. The zero-order chi connectivity index (χ0) is 27.1. The summed E-state index contributed by atoms with van der Waals surface area (Å²) in [6.45, 7) is 0.283. The van der Waals surface area contributed by atoms with Gasteiger partial charge in [-0.15, -0.1) is 23.1 Å².